The van der Waals surface area contributed by atoms with Gasteiger partial charge in [0.15, 0.2) is 0 Å². The van der Waals surface area contributed by atoms with Crippen molar-refractivity contribution in [2.45, 2.75) is 57.1 Å². The molecular weight excluding hydrogens is 629 g/mol. The van der Waals surface area contributed by atoms with Crippen molar-refractivity contribution in [2.24, 2.45) is 0 Å². The second-order valence-corrected chi connectivity index (χ2v) is 13.6. The number of nitrogens with zero attached hydrogens (tertiary/aromatic N) is 2. The molecule has 0 spiro atoms. The van der Waals surface area contributed by atoms with Gasteiger partial charge in [-0.1, -0.05) is 102 Å². The number of benzene rings is 4. The van der Waals surface area contributed by atoms with Crippen LogP contribution >= 0.6 is 23.2 Å². The van der Waals surface area contributed by atoms with Crippen molar-refractivity contribution in [1.82, 2.24) is 10.2 Å². The number of nitrogens with one attached hydrogen (secondary N) is 1. The Labute approximate surface area is 275 Å². The van der Waals surface area contributed by atoms with Gasteiger partial charge in [-0.05, 0) is 67.8 Å². The van der Waals surface area contributed by atoms with Crippen LogP contribution < -0.4 is 9.62 Å². The molecule has 4 aromatic rings. The Kier molecular flexibility index (Phi) is 11.7. The molecule has 2 amide bonds. The monoisotopic (exact) mass is 665 g/mol. The zero-order valence-electron chi connectivity index (χ0n) is 25.5. The van der Waals surface area contributed by atoms with E-state index in [-0.39, 0.29) is 29.8 Å². The quantitative estimate of drug-likeness (QED) is 0.166. The number of carbonyl (C=O) groups is 2. The lowest BCUT2D eigenvalue weighted by Gasteiger charge is -2.34. The van der Waals surface area contributed by atoms with E-state index >= 15 is 0 Å². The van der Waals surface area contributed by atoms with E-state index in [1.165, 1.54) is 17.0 Å². The molecule has 10 heteroatoms. The summed E-state index contributed by atoms with van der Waals surface area (Å²) in [7, 11) is -4.17. The third-order valence-electron chi connectivity index (χ3n) is 7.56. The molecule has 0 saturated heterocycles. The highest BCUT2D eigenvalue weighted by atomic mass is 35.5. The van der Waals surface area contributed by atoms with Gasteiger partial charge in [0.2, 0.25) is 11.8 Å². The first-order chi connectivity index (χ1) is 21.5. The van der Waals surface area contributed by atoms with Gasteiger partial charge in [0.25, 0.3) is 10.0 Å². The number of amides is 2. The summed E-state index contributed by atoms with van der Waals surface area (Å²) in [6, 6.07) is 28.1. The molecule has 4 rings (SSSR count). The van der Waals surface area contributed by atoms with Gasteiger partial charge in [0.05, 0.1) is 10.6 Å². The fourth-order valence-corrected chi connectivity index (χ4v) is 6.69. The summed E-state index contributed by atoms with van der Waals surface area (Å²) in [5.74, 6) is -0.916. The molecule has 0 unspecified atom stereocenters. The maximum atomic E-state index is 14.5. The SMILES string of the molecule is CC[C@H](C)NC(=O)[C@@H](Cc1ccccc1)N(Cc1ccc(Cl)cc1Cl)C(=O)CN(c1ccc(C)cc1)S(=O)(=O)c1ccccc1. The van der Waals surface area contributed by atoms with E-state index in [1.807, 2.05) is 51.1 Å². The molecule has 0 radical (unpaired) electrons. The molecule has 45 heavy (non-hydrogen) atoms. The molecule has 0 bridgehead atoms. The Bertz CT molecular complexity index is 1700. The third-order valence-corrected chi connectivity index (χ3v) is 9.93. The van der Waals surface area contributed by atoms with Crippen LogP contribution in [0.4, 0.5) is 5.69 Å². The van der Waals surface area contributed by atoms with Crippen LogP contribution in [0, 0.1) is 6.92 Å². The lowest BCUT2D eigenvalue weighted by molar-refractivity contribution is -0.140. The molecule has 0 aliphatic carbocycles. The molecule has 0 aliphatic heterocycles. The van der Waals surface area contributed by atoms with Gasteiger partial charge in [-0.3, -0.25) is 13.9 Å². The topological polar surface area (TPSA) is 86.8 Å². The fraction of sp³-hybridized carbons (Fsp3) is 0.257. The molecular formula is C35H37Cl2N3O4S. The summed E-state index contributed by atoms with van der Waals surface area (Å²) in [6.45, 7) is 5.15. The number of aryl methyl sites for hydroxylation is 1. The zero-order valence-corrected chi connectivity index (χ0v) is 27.8. The van der Waals surface area contributed by atoms with Gasteiger partial charge in [0, 0.05) is 29.1 Å². The smallest absolute Gasteiger partial charge is 0.264 e. The van der Waals surface area contributed by atoms with Gasteiger partial charge in [-0.15, -0.1) is 0 Å². The zero-order chi connectivity index (χ0) is 32.6. The number of hydrogen-bond acceptors (Lipinski definition) is 4. The first-order valence-corrected chi connectivity index (χ1v) is 16.9. The normalized spacial score (nSPS) is 12.6. The maximum Gasteiger partial charge on any atom is 0.264 e. The van der Waals surface area contributed by atoms with Gasteiger partial charge in [-0.2, -0.15) is 0 Å². The molecule has 236 valence electrons. The predicted octanol–water partition coefficient (Wildman–Crippen LogP) is 7.05. The highest BCUT2D eigenvalue weighted by Gasteiger charge is 2.35. The minimum atomic E-state index is -4.17. The summed E-state index contributed by atoms with van der Waals surface area (Å²) < 4.78 is 29.2. The number of hydrogen-bond donors (Lipinski definition) is 1. The van der Waals surface area contributed by atoms with Gasteiger partial charge < -0.3 is 10.2 Å². The molecule has 1 N–H and O–H groups in total. The van der Waals surface area contributed by atoms with E-state index in [0.717, 1.165) is 15.4 Å². The Morgan fingerprint density at radius 1 is 0.867 bits per heavy atom. The van der Waals surface area contributed by atoms with Crippen LogP contribution in [0.15, 0.2) is 108 Å². The van der Waals surface area contributed by atoms with Gasteiger partial charge in [0.1, 0.15) is 12.6 Å². The fourth-order valence-electron chi connectivity index (χ4n) is 4.79. The van der Waals surface area contributed by atoms with Crippen molar-refractivity contribution in [3.05, 3.63) is 130 Å². The average molecular weight is 667 g/mol. The predicted molar refractivity (Wildman–Crippen MR) is 181 cm³/mol. The number of rotatable bonds is 13. The standard InChI is InChI=1S/C35H37Cl2N3O4S/c1-4-26(3)38-35(42)33(21-27-11-7-5-8-12-27)39(23-28-17-18-29(36)22-32(28)37)34(41)24-40(30-19-15-25(2)16-20-30)45(43,44)31-13-9-6-10-14-31/h5-20,22,26,33H,4,21,23-24H2,1-3H3,(H,38,42)/t26-,33+/m0/s1. The van der Waals surface area contributed by atoms with E-state index in [9.17, 15) is 18.0 Å². The van der Waals surface area contributed by atoms with Crippen LogP contribution in [0.2, 0.25) is 10.0 Å². The Hall–Kier alpha value is -3.85. The van der Waals surface area contributed by atoms with Crippen LogP contribution in [0.1, 0.15) is 37.0 Å². The van der Waals surface area contributed by atoms with Crippen molar-refractivity contribution < 1.29 is 18.0 Å². The van der Waals surface area contributed by atoms with Crippen molar-refractivity contribution in [2.75, 3.05) is 10.8 Å². The van der Waals surface area contributed by atoms with Crippen LogP contribution in [0.5, 0.6) is 0 Å². The number of halogens is 2. The summed E-state index contributed by atoms with van der Waals surface area (Å²) >= 11 is 12.7. The first-order valence-electron chi connectivity index (χ1n) is 14.7. The van der Waals surface area contributed by atoms with E-state index in [1.54, 1.807) is 60.7 Å². The lowest BCUT2D eigenvalue weighted by Crippen LogP contribution is -2.54. The summed E-state index contributed by atoms with van der Waals surface area (Å²) in [5.41, 5.74) is 2.67. The van der Waals surface area contributed by atoms with E-state index in [4.69, 9.17) is 23.2 Å². The molecule has 2 atom stereocenters. The van der Waals surface area contributed by atoms with E-state index in [2.05, 4.69) is 5.32 Å². The van der Waals surface area contributed by atoms with Crippen LogP contribution in [0.25, 0.3) is 0 Å². The molecule has 0 saturated carbocycles. The summed E-state index contributed by atoms with van der Waals surface area (Å²) in [4.78, 5) is 29.9. The van der Waals surface area contributed by atoms with Crippen molar-refractivity contribution in [1.29, 1.82) is 0 Å². The summed E-state index contributed by atoms with van der Waals surface area (Å²) in [5, 5.41) is 3.78. The molecule has 7 nitrogen and oxygen atoms in total. The summed E-state index contributed by atoms with van der Waals surface area (Å²) in [6.07, 6.45) is 0.896. The molecule has 4 aromatic carbocycles. The van der Waals surface area contributed by atoms with Crippen molar-refractivity contribution in [3.63, 3.8) is 0 Å². The highest BCUT2D eigenvalue weighted by molar-refractivity contribution is 7.92. The Balaban J connectivity index is 1.82. The molecule has 0 fully saturated rings. The van der Waals surface area contributed by atoms with Crippen LogP contribution in [-0.4, -0.2) is 43.8 Å². The second kappa shape index (κ2) is 15.4. The Morgan fingerprint density at radius 3 is 2.09 bits per heavy atom. The van der Waals surface area contributed by atoms with E-state index < -0.39 is 28.5 Å². The number of carbonyl (C=O) groups excluding carboxylic acids is 2. The second-order valence-electron chi connectivity index (χ2n) is 10.9. The van der Waals surface area contributed by atoms with Crippen LogP contribution in [0.3, 0.4) is 0 Å². The van der Waals surface area contributed by atoms with Gasteiger partial charge >= 0.3 is 0 Å². The number of anilines is 1. The third kappa shape index (κ3) is 8.87. The Morgan fingerprint density at radius 2 is 1.49 bits per heavy atom. The molecule has 0 aromatic heterocycles. The highest BCUT2D eigenvalue weighted by Crippen LogP contribution is 2.27. The largest absolute Gasteiger partial charge is 0.352 e. The minimum Gasteiger partial charge on any atom is -0.352 e. The minimum absolute atomic E-state index is 0.0426. The van der Waals surface area contributed by atoms with Crippen molar-refractivity contribution >= 4 is 50.7 Å². The average Bonchev–Trinajstić information content (AvgIpc) is 3.03. The van der Waals surface area contributed by atoms with Gasteiger partial charge in [-0.25, -0.2) is 8.42 Å². The first kappa shape index (κ1) is 34.0. The number of sulfonamides is 1. The molecule has 0 aliphatic rings. The maximum absolute atomic E-state index is 14.5. The van der Waals surface area contributed by atoms with Crippen LogP contribution in [-0.2, 0) is 32.6 Å². The van der Waals surface area contributed by atoms with Crippen molar-refractivity contribution in [3.8, 4) is 0 Å². The van der Waals surface area contributed by atoms with E-state index in [0.29, 0.717) is 27.7 Å². The lowest BCUT2D eigenvalue weighted by atomic mass is 10.0. The molecule has 0 heterocycles.